The summed E-state index contributed by atoms with van der Waals surface area (Å²) in [5.41, 5.74) is 7.77. The van der Waals surface area contributed by atoms with E-state index in [1.807, 2.05) is 35.7 Å². The number of thioether (sulfide) groups is 1. The van der Waals surface area contributed by atoms with Crippen molar-refractivity contribution in [1.29, 1.82) is 0 Å². The second-order valence-electron chi connectivity index (χ2n) is 2.39. The molecular formula is C10H13NS. The third-order valence-corrected chi connectivity index (χ3v) is 2.24. The Balaban J connectivity index is 2.71. The lowest BCUT2D eigenvalue weighted by molar-refractivity contribution is 1.52. The lowest BCUT2D eigenvalue weighted by Gasteiger charge is -1.99. The fourth-order valence-corrected chi connectivity index (χ4v) is 1.35. The van der Waals surface area contributed by atoms with E-state index in [0.717, 1.165) is 17.0 Å². The van der Waals surface area contributed by atoms with Crippen LogP contribution in [0.5, 0.6) is 0 Å². The van der Waals surface area contributed by atoms with E-state index in [2.05, 4.69) is 6.92 Å². The van der Waals surface area contributed by atoms with Crippen molar-refractivity contribution in [3.05, 3.63) is 41.3 Å². The Morgan fingerprint density at radius 2 is 2.08 bits per heavy atom. The first-order chi connectivity index (χ1) is 5.84. The molecule has 0 unspecified atom stereocenters. The van der Waals surface area contributed by atoms with Crippen LogP contribution in [0, 0.1) is 0 Å². The summed E-state index contributed by atoms with van der Waals surface area (Å²) in [5.74, 6) is 1.06. The molecule has 0 aliphatic heterocycles. The lowest BCUT2D eigenvalue weighted by Crippen LogP contribution is -1.94. The number of rotatable bonds is 3. The van der Waals surface area contributed by atoms with Gasteiger partial charge in [0.05, 0.1) is 0 Å². The first-order valence-corrected chi connectivity index (χ1v) is 5.02. The summed E-state index contributed by atoms with van der Waals surface area (Å²) < 4.78 is 0. The van der Waals surface area contributed by atoms with Crippen LogP contribution in [0.1, 0.15) is 12.5 Å². The summed E-state index contributed by atoms with van der Waals surface area (Å²) in [5, 5.41) is 2.00. The Labute approximate surface area is 77.7 Å². The summed E-state index contributed by atoms with van der Waals surface area (Å²) in [6.45, 7) is 2.11. The fraction of sp³-hybridized carbons (Fsp3) is 0.200. The Bertz CT molecular complexity index is 254. The van der Waals surface area contributed by atoms with E-state index in [0.29, 0.717) is 0 Å². The highest BCUT2D eigenvalue weighted by atomic mass is 32.2. The van der Waals surface area contributed by atoms with E-state index in [1.54, 1.807) is 11.8 Å². The van der Waals surface area contributed by atoms with Crippen molar-refractivity contribution in [1.82, 2.24) is 0 Å². The lowest BCUT2D eigenvalue weighted by atomic mass is 10.2. The molecule has 0 aliphatic rings. The summed E-state index contributed by atoms with van der Waals surface area (Å²) in [4.78, 5) is 0. The first kappa shape index (κ1) is 9.20. The van der Waals surface area contributed by atoms with Crippen molar-refractivity contribution in [3.63, 3.8) is 0 Å². The normalized spacial score (nSPS) is 11.6. The molecule has 0 heterocycles. The van der Waals surface area contributed by atoms with E-state index >= 15 is 0 Å². The zero-order valence-corrected chi connectivity index (χ0v) is 7.97. The molecule has 2 N–H and O–H groups in total. The number of hydrogen-bond donors (Lipinski definition) is 1. The summed E-state index contributed by atoms with van der Waals surface area (Å²) in [6, 6.07) is 10.0. The summed E-state index contributed by atoms with van der Waals surface area (Å²) in [7, 11) is 0. The Kier molecular flexibility index (Phi) is 3.74. The predicted octanol–water partition coefficient (Wildman–Crippen LogP) is 2.70. The molecule has 0 fully saturated rings. The van der Waals surface area contributed by atoms with Crippen molar-refractivity contribution in [2.24, 2.45) is 5.73 Å². The van der Waals surface area contributed by atoms with Crippen LogP contribution < -0.4 is 5.73 Å². The average Bonchev–Trinajstić information content (AvgIpc) is 2.15. The standard InChI is InChI=1S/C10H13NS/c1-2-12-8-10(11)9-6-4-3-5-7-9/h3-8H,2,11H2,1H3/b10-8-. The molecule has 1 aromatic carbocycles. The van der Waals surface area contributed by atoms with Gasteiger partial charge in [0.2, 0.25) is 0 Å². The van der Waals surface area contributed by atoms with Crippen molar-refractivity contribution in [3.8, 4) is 0 Å². The van der Waals surface area contributed by atoms with Gasteiger partial charge in [-0.3, -0.25) is 0 Å². The third kappa shape index (κ3) is 2.62. The molecule has 1 aromatic rings. The van der Waals surface area contributed by atoms with Gasteiger partial charge in [-0.1, -0.05) is 37.3 Å². The first-order valence-electron chi connectivity index (χ1n) is 3.97. The van der Waals surface area contributed by atoms with Crippen molar-refractivity contribution >= 4 is 17.5 Å². The Morgan fingerprint density at radius 1 is 1.42 bits per heavy atom. The van der Waals surface area contributed by atoms with Gasteiger partial charge in [-0.05, 0) is 16.7 Å². The van der Waals surface area contributed by atoms with Crippen molar-refractivity contribution in [2.75, 3.05) is 5.75 Å². The second-order valence-corrected chi connectivity index (χ2v) is 3.54. The highest BCUT2D eigenvalue weighted by Crippen LogP contribution is 2.12. The van der Waals surface area contributed by atoms with Crippen LogP contribution in [0.2, 0.25) is 0 Å². The zero-order valence-electron chi connectivity index (χ0n) is 7.16. The predicted molar refractivity (Wildman–Crippen MR) is 56.7 cm³/mol. The smallest absolute Gasteiger partial charge is 0.0451 e. The molecule has 0 saturated heterocycles. The molecule has 0 spiro atoms. The molecule has 0 aromatic heterocycles. The zero-order chi connectivity index (χ0) is 8.81. The minimum atomic E-state index is 0.849. The van der Waals surface area contributed by atoms with E-state index in [4.69, 9.17) is 5.73 Å². The maximum atomic E-state index is 5.82. The average molecular weight is 179 g/mol. The topological polar surface area (TPSA) is 26.0 Å². The molecule has 2 heteroatoms. The van der Waals surface area contributed by atoms with Crippen LogP contribution in [-0.4, -0.2) is 5.75 Å². The van der Waals surface area contributed by atoms with Gasteiger partial charge in [-0.25, -0.2) is 0 Å². The van der Waals surface area contributed by atoms with Crippen LogP contribution in [0.25, 0.3) is 5.70 Å². The number of benzene rings is 1. The van der Waals surface area contributed by atoms with Crippen LogP contribution in [0.15, 0.2) is 35.7 Å². The van der Waals surface area contributed by atoms with Gasteiger partial charge >= 0.3 is 0 Å². The molecule has 0 bridgehead atoms. The maximum absolute atomic E-state index is 5.82. The molecule has 64 valence electrons. The number of hydrogen-bond acceptors (Lipinski definition) is 2. The minimum Gasteiger partial charge on any atom is -0.398 e. The van der Waals surface area contributed by atoms with Crippen LogP contribution in [0.4, 0.5) is 0 Å². The molecule has 0 radical (unpaired) electrons. The molecule has 0 amide bonds. The van der Waals surface area contributed by atoms with E-state index in [1.165, 1.54) is 0 Å². The van der Waals surface area contributed by atoms with Crippen LogP contribution in [-0.2, 0) is 0 Å². The Morgan fingerprint density at radius 3 is 2.67 bits per heavy atom. The Hall–Kier alpha value is -0.890. The van der Waals surface area contributed by atoms with Gasteiger partial charge in [0.15, 0.2) is 0 Å². The van der Waals surface area contributed by atoms with Gasteiger partial charge in [0.1, 0.15) is 0 Å². The summed E-state index contributed by atoms with van der Waals surface area (Å²) >= 11 is 1.72. The van der Waals surface area contributed by atoms with Gasteiger partial charge in [-0.2, -0.15) is 0 Å². The van der Waals surface area contributed by atoms with Crippen molar-refractivity contribution in [2.45, 2.75) is 6.92 Å². The molecular weight excluding hydrogens is 166 g/mol. The van der Waals surface area contributed by atoms with Gasteiger partial charge < -0.3 is 5.73 Å². The second kappa shape index (κ2) is 4.88. The number of nitrogens with two attached hydrogens (primary N) is 1. The highest BCUT2D eigenvalue weighted by Gasteiger charge is 1.92. The monoisotopic (exact) mass is 179 g/mol. The molecule has 1 rings (SSSR count). The van der Waals surface area contributed by atoms with E-state index < -0.39 is 0 Å². The molecule has 0 saturated carbocycles. The quantitative estimate of drug-likeness (QED) is 0.772. The molecule has 1 nitrogen and oxygen atoms in total. The third-order valence-electron chi connectivity index (χ3n) is 1.48. The van der Waals surface area contributed by atoms with E-state index in [-0.39, 0.29) is 0 Å². The van der Waals surface area contributed by atoms with E-state index in [9.17, 15) is 0 Å². The van der Waals surface area contributed by atoms with Crippen molar-refractivity contribution < 1.29 is 0 Å². The molecule has 0 atom stereocenters. The molecule has 12 heavy (non-hydrogen) atoms. The van der Waals surface area contributed by atoms with Gasteiger partial charge in [-0.15, -0.1) is 11.8 Å². The van der Waals surface area contributed by atoms with Crippen LogP contribution in [0.3, 0.4) is 0 Å². The largest absolute Gasteiger partial charge is 0.398 e. The highest BCUT2D eigenvalue weighted by molar-refractivity contribution is 8.02. The minimum absolute atomic E-state index is 0.849. The van der Waals surface area contributed by atoms with Gasteiger partial charge in [0.25, 0.3) is 0 Å². The summed E-state index contributed by atoms with van der Waals surface area (Å²) in [6.07, 6.45) is 0. The van der Waals surface area contributed by atoms with Crippen LogP contribution >= 0.6 is 11.8 Å². The fourth-order valence-electron chi connectivity index (χ4n) is 0.872. The van der Waals surface area contributed by atoms with Gasteiger partial charge in [0, 0.05) is 5.70 Å². The maximum Gasteiger partial charge on any atom is 0.0451 e. The SMILES string of the molecule is CCS/C=C(\N)c1ccccc1. The molecule has 0 aliphatic carbocycles.